The van der Waals surface area contributed by atoms with Gasteiger partial charge in [-0.3, -0.25) is 5.32 Å². The van der Waals surface area contributed by atoms with Crippen LogP contribution in [0, 0.1) is 11.8 Å². The Morgan fingerprint density at radius 2 is 1.48 bits per heavy atom. The van der Waals surface area contributed by atoms with Crippen LogP contribution >= 0.6 is 0 Å². The molecule has 3 rings (SSSR count). The van der Waals surface area contributed by atoms with Gasteiger partial charge in [0.05, 0.1) is 0 Å². The second kappa shape index (κ2) is 7.24. The molecule has 3 aliphatic carbocycles. The Morgan fingerprint density at radius 1 is 0.857 bits per heavy atom. The Kier molecular flexibility index (Phi) is 5.10. The van der Waals surface area contributed by atoms with Crippen molar-refractivity contribution in [3.8, 4) is 0 Å². The molecule has 2 heteroatoms. The van der Waals surface area contributed by atoms with Gasteiger partial charge in [0.15, 0.2) is 0 Å². The molecule has 0 spiro atoms. The summed E-state index contributed by atoms with van der Waals surface area (Å²) in [6.45, 7) is 0. The Morgan fingerprint density at radius 3 is 2.24 bits per heavy atom. The van der Waals surface area contributed by atoms with Crippen molar-refractivity contribution in [1.82, 2.24) is 5.32 Å². The first-order chi connectivity index (χ1) is 10.4. The van der Waals surface area contributed by atoms with Gasteiger partial charge >= 0.3 is 0 Å². The lowest BCUT2D eigenvalue weighted by Crippen LogP contribution is -2.33. The summed E-state index contributed by atoms with van der Waals surface area (Å²) in [6.07, 6.45) is 23.0. The van der Waals surface area contributed by atoms with E-state index in [4.69, 9.17) is 0 Å². The molecule has 3 atom stereocenters. The summed E-state index contributed by atoms with van der Waals surface area (Å²) in [5, 5.41) is 13.9. The topological polar surface area (TPSA) is 32.3 Å². The van der Waals surface area contributed by atoms with E-state index in [1.165, 1.54) is 44.9 Å². The minimum Gasteiger partial charge on any atom is -0.374 e. The Hall–Kier alpha value is -1.12. The molecule has 3 aliphatic rings. The van der Waals surface area contributed by atoms with Crippen LogP contribution in [0.3, 0.4) is 0 Å². The van der Waals surface area contributed by atoms with Gasteiger partial charge in [-0.05, 0) is 30.3 Å². The largest absolute Gasteiger partial charge is 0.374 e. The molecule has 3 unspecified atom stereocenters. The fraction of sp³-hybridized carbons (Fsp3) is 0.579. The van der Waals surface area contributed by atoms with Gasteiger partial charge in [-0.2, -0.15) is 0 Å². The van der Waals surface area contributed by atoms with Crippen LogP contribution in [0.1, 0.15) is 44.9 Å². The maximum absolute atomic E-state index is 10.5. The lowest BCUT2D eigenvalue weighted by Gasteiger charge is -2.15. The lowest BCUT2D eigenvalue weighted by molar-refractivity contribution is 0.169. The molecule has 0 radical (unpaired) electrons. The molecule has 0 bridgehead atoms. The molecular formula is C19H27NO. The highest BCUT2D eigenvalue weighted by Crippen LogP contribution is 2.47. The molecule has 2 nitrogen and oxygen atoms in total. The maximum atomic E-state index is 10.5. The zero-order chi connectivity index (χ0) is 14.5. The standard InChI is InChI=1S/C19H27NO/c21-19(15-11-7-3-1-4-8-12-15)20-18-16-13-9-5-2-6-10-14-17(16)18/h1,3-4,7-8,11-12,16-21H,2,5-6,9-10,13-14H2/b3-1-,4-1?,7-3?,8-4-,11-7?,12-8?,15-11?,15-12?. The first-order valence-corrected chi connectivity index (χ1v) is 8.52. The van der Waals surface area contributed by atoms with Gasteiger partial charge in [0.25, 0.3) is 0 Å². The molecule has 2 saturated carbocycles. The summed E-state index contributed by atoms with van der Waals surface area (Å²) >= 11 is 0. The van der Waals surface area contributed by atoms with E-state index in [1.54, 1.807) is 0 Å². The number of hydrogen-bond donors (Lipinski definition) is 2. The second-order valence-corrected chi connectivity index (χ2v) is 6.56. The van der Waals surface area contributed by atoms with Crippen LogP contribution in [0.25, 0.3) is 0 Å². The first-order valence-electron chi connectivity index (χ1n) is 8.52. The van der Waals surface area contributed by atoms with Crippen molar-refractivity contribution in [3.05, 3.63) is 48.1 Å². The number of aliphatic hydroxyl groups is 1. The van der Waals surface area contributed by atoms with Crippen molar-refractivity contribution in [2.75, 3.05) is 0 Å². The fourth-order valence-corrected chi connectivity index (χ4v) is 3.81. The molecule has 0 heterocycles. The number of allylic oxidation sites excluding steroid dienone is 6. The van der Waals surface area contributed by atoms with E-state index in [2.05, 4.69) is 5.32 Å². The monoisotopic (exact) mass is 285 g/mol. The maximum Gasteiger partial charge on any atom is 0.131 e. The smallest absolute Gasteiger partial charge is 0.131 e. The zero-order valence-corrected chi connectivity index (χ0v) is 12.7. The van der Waals surface area contributed by atoms with Crippen LogP contribution in [-0.4, -0.2) is 17.4 Å². The van der Waals surface area contributed by atoms with Crippen molar-refractivity contribution in [2.45, 2.75) is 57.2 Å². The van der Waals surface area contributed by atoms with Crippen molar-refractivity contribution in [3.63, 3.8) is 0 Å². The number of rotatable bonds is 3. The van der Waals surface area contributed by atoms with Crippen LogP contribution in [-0.2, 0) is 0 Å². The van der Waals surface area contributed by atoms with E-state index in [0.29, 0.717) is 6.04 Å². The van der Waals surface area contributed by atoms with Gasteiger partial charge in [-0.1, -0.05) is 74.6 Å². The van der Waals surface area contributed by atoms with E-state index in [9.17, 15) is 5.11 Å². The number of hydrogen-bond acceptors (Lipinski definition) is 2. The Balaban J connectivity index is 1.56. The Labute approximate surface area is 128 Å². The van der Waals surface area contributed by atoms with Crippen LogP contribution in [0.5, 0.6) is 0 Å². The van der Waals surface area contributed by atoms with E-state index in [1.807, 2.05) is 42.5 Å². The molecule has 21 heavy (non-hydrogen) atoms. The molecule has 0 aromatic heterocycles. The summed E-state index contributed by atoms with van der Waals surface area (Å²) in [5.74, 6) is 1.60. The van der Waals surface area contributed by atoms with Crippen molar-refractivity contribution in [2.24, 2.45) is 11.8 Å². The van der Waals surface area contributed by atoms with Gasteiger partial charge in [-0.25, -0.2) is 0 Å². The van der Waals surface area contributed by atoms with Crippen LogP contribution in [0.4, 0.5) is 0 Å². The third kappa shape index (κ3) is 3.96. The lowest BCUT2D eigenvalue weighted by atomic mass is 10.1. The average molecular weight is 285 g/mol. The molecule has 0 aromatic rings. The zero-order valence-electron chi connectivity index (χ0n) is 12.7. The summed E-state index contributed by atoms with van der Waals surface area (Å²) in [4.78, 5) is 0. The molecule has 2 N–H and O–H groups in total. The van der Waals surface area contributed by atoms with Gasteiger partial charge in [-0.15, -0.1) is 0 Å². The summed E-state index contributed by atoms with van der Waals surface area (Å²) < 4.78 is 0. The minimum absolute atomic E-state index is 0.525. The van der Waals surface area contributed by atoms with Crippen molar-refractivity contribution < 1.29 is 5.11 Å². The van der Waals surface area contributed by atoms with Crippen molar-refractivity contribution in [1.29, 1.82) is 0 Å². The minimum atomic E-state index is -0.544. The van der Waals surface area contributed by atoms with Gasteiger partial charge in [0.1, 0.15) is 6.23 Å². The molecular weight excluding hydrogens is 258 g/mol. The Bertz CT molecular complexity index is 446. The average Bonchev–Trinajstić information content (AvgIpc) is 3.06. The first kappa shape index (κ1) is 14.8. The predicted octanol–water partition coefficient (Wildman–Crippen LogP) is 3.86. The van der Waals surface area contributed by atoms with E-state index in [-0.39, 0.29) is 0 Å². The van der Waals surface area contributed by atoms with Crippen LogP contribution < -0.4 is 5.32 Å². The molecule has 0 aliphatic heterocycles. The predicted molar refractivity (Wildman–Crippen MR) is 87.7 cm³/mol. The van der Waals surface area contributed by atoms with Crippen molar-refractivity contribution >= 4 is 0 Å². The van der Waals surface area contributed by atoms with Gasteiger partial charge in [0, 0.05) is 6.04 Å². The third-order valence-corrected chi connectivity index (χ3v) is 5.09. The number of aliphatic hydroxyl groups excluding tert-OH is 1. The summed E-state index contributed by atoms with van der Waals surface area (Å²) in [7, 11) is 0. The molecule has 114 valence electrons. The quantitative estimate of drug-likeness (QED) is 0.772. The summed E-state index contributed by atoms with van der Waals surface area (Å²) in [5.41, 5.74) is 0.951. The van der Waals surface area contributed by atoms with E-state index in [0.717, 1.165) is 17.4 Å². The SMILES string of the molecule is OC(NC1C2CCCCCCCC21)C1=C/C=C\C=C/C=C1. The van der Waals surface area contributed by atoms with Gasteiger partial charge < -0.3 is 5.11 Å². The molecule has 0 amide bonds. The van der Waals surface area contributed by atoms with E-state index >= 15 is 0 Å². The fourth-order valence-electron chi connectivity index (χ4n) is 3.81. The number of fused-ring (bicyclic) bond motifs is 1. The second-order valence-electron chi connectivity index (χ2n) is 6.56. The van der Waals surface area contributed by atoms with Crippen LogP contribution in [0.15, 0.2) is 48.1 Å². The third-order valence-electron chi connectivity index (χ3n) is 5.09. The highest BCUT2D eigenvalue weighted by atomic mass is 16.3. The van der Waals surface area contributed by atoms with Crippen LogP contribution in [0.2, 0.25) is 0 Å². The molecule has 2 fully saturated rings. The number of nitrogens with one attached hydrogen (secondary N) is 1. The van der Waals surface area contributed by atoms with Gasteiger partial charge in [0.2, 0.25) is 0 Å². The normalized spacial score (nSPS) is 36.8. The highest BCUT2D eigenvalue weighted by molar-refractivity contribution is 5.33. The molecule has 0 aromatic carbocycles. The highest BCUT2D eigenvalue weighted by Gasteiger charge is 2.49. The molecule has 0 saturated heterocycles. The summed E-state index contributed by atoms with van der Waals surface area (Å²) in [6, 6.07) is 0.525. The van der Waals surface area contributed by atoms with E-state index < -0.39 is 6.23 Å².